The molecule has 0 N–H and O–H groups in total. The topological polar surface area (TPSA) is 79.4 Å². The highest BCUT2D eigenvalue weighted by Crippen LogP contribution is 2.37. The van der Waals surface area contributed by atoms with Crippen molar-refractivity contribution >= 4 is 38.9 Å². The van der Waals surface area contributed by atoms with Gasteiger partial charge in [0.05, 0.1) is 24.2 Å². The van der Waals surface area contributed by atoms with Crippen LogP contribution in [-0.4, -0.2) is 65.2 Å². The lowest BCUT2D eigenvalue weighted by Gasteiger charge is -2.40. The van der Waals surface area contributed by atoms with Gasteiger partial charge >= 0.3 is 0 Å². The van der Waals surface area contributed by atoms with E-state index in [1.165, 1.54) is 28.6 Å². The van der Waals surface area contributed by atoms with Crippen molar-refractivity contribution in [2.24, 2.45) is 0 Å². The minimum absolute atomic E-state index is 0.0999. The second kappa shape index (κ2) is 9.91. The van der Waals surface area contributed by atoms with Gasteiger partial charge in [-0.2, -0.15) is 0 Å². The van der Waals surface area contributed by atoms with E-state index in [9.17, 15) is 13.2 Å². The molecule has 10 heteroatoms. The predicted octanol–water partition coefficient (Wildman–Crippen LogP) is 3.65. The summed E-state index contributed by atoms with van der Waals surface area (Å²) in [4.78, 5) is 17.5. The minimum Gasteiger partial charge on any atom is -0.497 e. The van der Waals surface area contributed by atoms with Crippen molar-refractivity contribution in [2.45, 2.75) is 11.0 Å². The Hall–Kier alpha value is -3.43. The fourth-order valence-corrected chi connectivity index (χ4v) is 6.08. The van der Waals surface area contributed by atoms with Crippen molar-refractivity contribution in [3.05, 3.63) is 77.8 Å². The van der Waals surface area contributed by atoms with Crippen molar-refractivity contribution < 1.29 is 22.7 Å². The molecule has 1 saturated heterocycles. The van der Waals surface area contributed by atoms with Gasteiger partial charge in [0.15, 0.2) is 6.10 Å². The lowest BCUT2D eigenvalue weighted by atomic mass is 10.2. The van der Waals surface area contributed by atoms with E-state index in [1.807, 2.05) is 24.3 Å². The third-order valence-corrected chi connectivity index (χ3v) is 8.49. The molecule has 0 aromatic heterocycles. The number of benzene rings is 3. The number of hydrogen-bond acceptors (Lipinski definition) is 6. The SMILES string of the molecule is COc1ccc(N2CCN(C(=O)[C@H]3CN(S(=O)(=O)c4ccc(Cl)cc4)c4ccccc4O3)CC2)cc1. The Morgan fingerprint density at radius 3 is 2.28 bits per heavy atom. The molecule has 8 nitrogen and oxygen atoms in total. The van der Waals surface area contributed by atoms with Crippen LogP contribution in [-0.2, 0) is 14.8 Å². The van der Waals surface area contributed by atoms with Gasteiger partial charge in [-0.05, 0) is 60.7 Å². The molecule has 0 bridgehead atoms. The summed E-state index contributed by atoms with van der Waals surface area (Å²) in [5.41, 5.74) is 1.46. The van der Waals surface area contributed by atoms with Crippen molar-refractivity contribution in [1.82, 2.24) is 4.90 Å². The number of anilines is 2. The molecule has 3 aromatic rings. The van der Waals surface area contributed by atoms with Crippen molar-refractivity contribution in [3.63, 3.8) is 0 Å². The second-order valence-electron chi connectivity index (χ2n) is 8.57. The van der Waals surface area contributed by atoms with E-state index in [0.717, 1.165) is 11.4 Å². The first-order valence-corrected chi connectivity index (χ1v) is 13.4. The van der Waals surface area contributed by atoms with Crippen molar-refractivity contribution in [2.75, 3.05) is 49.0 Å². The Labute approximate surface area is 215 Å². The molecule has 1 atom stereocenters. The highest BCUT2D eigenvalue weighted by molar-refractivity contribution is 7.92. The summed E-state index contributed by atoms with van der Waals surface area (Å²) in [5, 5.41) is 0.443. The molecule has 5 rings (SSSR count). The molecule has 2 aliphatic rings. The van der Waals surface area contributed by atoms with Crippen molar-refractivity contribution in [3.8, 4) is 11.5 Å². The van der Waals surface area contributed by atoms with E-state index < -0.39 is 16.1 Å². The maximum absolute atomic E-state index is 13.5. The minimum atomic E-state index is -3.93. The Morgan fingerprint density at radius 2 is 1.61 bits per heavy atom. The molecule has 0 radical (unpaired) electrons. The number of carbonyl (C=O) groups is 1. The van der Waals surface area contributed by atoms with E-state index in [2.05, 4.69) is 4.90 Å². The van der Waals surface area contributed by atoms with Crippen molar-refractivity contribution in [1.29, 1.82) is 0 Å². The largest absolute Gasteiger partial charge is 0.497 e. The lowest BCUT2D eigenvalue weighted by molar-refractivity contribution is -0.138. The van der Waals surface area contributed by atoms with E-state index >= 15 is 0 Å². The summed E-state index contributed by atoms with van der Waals surface area (Å²) < 4.78 is 39.6. The fraction of sp³-hybridized carbons (Fsp3) is 0.269. The molecule has 0 aliphatic carbocycles. The van der Waals surface area contributed by atoms with Crippen LogP contribution in [0.2, 0.25) is 5.02 Å². The number of methoxy groups -OCH3 is 1. The molecule has 0 saturated carbocycles. The lowest BCUT2D eigenvalue weighted by Crippen LogP contribution is -2.56. The van der Waals surface area contributed by atoms with E-state index in [1.54, 1.807) is 36.3 Å². The molecule has 2 aliphatic heterocycles. The molecule has 0 unspecified atom stereocenters. The van der Waals surface area contributed by atoms with Crippen LogP contribution in [0.15, 0.2) is 77.7 Å². The van der Waals surface area contributed by atoms with Crippen LogP contribution in [0.5, 0.6) is 11.5 Å². The number of hydrogen-bond donors (Lipinski definition) is 0. The zero-order chi connectivity index (χ0) is 25.3. The molecule has 3 aromatic carbocycles. The zero-order valence-corrected chi connectivity index (χ0v) is 21.3. The van der Waals surface area contributed by atoms with Gasteiger partial charge in [-0.1, -0.05) is 23.7 Å². The van der Waals surface area contributed by atoms with E-state index in [4.69, 9.17) is 21.1 Å². The first-order valence-electron chi connectivity index (χ1n) is 11.6. The molecule has 2 heterocycles. The summed E-state index contributed by atoms with van der Waals surface area (Å²) in [5.74, 6) is 0.923. The van der Waals surface area contributed by atoms with Gasteiger partial charge in [0.2, 0.25) is 0 Å². The third kappa shape index (κ3) is 4.68. The summed E-state index contributed by atoms with van der Waals surface area (Å²) in [6, 6.07) is 20.7. The van der Waals surface area contributed by atoms with Crippen LogP contribution < -0.4 is 18.7 Å². The Kier molecular flexibility index (Phi) is 6.68. The first kappa shape index (κ1) is 24.3. The highest BCUT2D eigenvalue weighted by Gasteiger charge is 2.39. The van der Waals surface area contributed by atoms with Gasteiger partial charge in [0.25, 0.3) is 15.9 Å². The number of para-hydroxylation sites is 2. The second-order valence-corrected chi connectivity index (χ2v) is 10.9. The molecule has 188 valence electrons. The number of ether oxygens (including phenoxy) is 2. The number of nitrogens with zero attached hydrogens (tertiary/aromatic N) is 3. The molecule has 1 amide bonds. The maximum atomic E-state index is 13.5. The maximum Gasteiger partial charge on any atom is 0.265 e. The molecule has 1 fully saturated rings. The number of rotatable bonds is 5. The number of amides is 1. The smallest absolute Gasteiger partial charge is 0.265 e. The quantitative estimate of drug-likeness (QED) is 0.504. The molecular formula is C26H26ClN3O5S. The Balaban J connectivity index is 1.33. The fourth-order valence-electron chi connectivity index (χ4n) is 4.47. The van der Waals surface area contributed by atoms with Crippen LogP contribution in [0, 0.1) is 0 Å². The van der Waals surface area contributed by atoms with Crippen LogP contribution in [0.4, 0.5) is 11.4 Å². The van der Waals surface area contributed by atoms with Gasteiger partial charge in [0, 0.05) is 36.9 Å². The average molecular weight is 528 g/mol. The van der Waals surface area contributed by atoms with Crippen LogP contribution in [0.1, 0.15) is 0 Å². The standard InChI is InChI=1S/C26H26ClN3O5S/c1-34-21-10-8-20(9-11-21)28-14-16-29(17-15-28)26(31)25-18-30(23-4-2-3-5-24(23)35-25)36(32,33)22-12-6-19(27)7-13-22/h2-13,25H,14-18H2,1H3/t25-/m1/s1. The Bertz CT molecular complexity index is 1340. The van der Waals surface area contributed by atoms with Gasteiger partial charge in [-0.15, -0.1) is 0 Å². The highest BCUT2D eigenvalue weighted by atomic mass is 35.5. The van der Waals surface area contributed by atoms with Gasteiger partial charge in [-0.3, -0.25) is 9.10 Å². The molecule has 0 spiro atoms. The summed E-state index contributed by atoms with van der Waals surface area (Å²) in [6.45, 7) is 2.23. The average Bonchev–Trinajstić information content (AvgIpc) is 2.92. The van der Waals surface area contributed by atoms with Gasteiger partial charge < -0.3 is 19.3 Å². The first-order chi connectivity index (χ1) is 17.4. The molecular weight excluding hydrogens is 502 g/mol. The number of fused-ring (bicyclic) bond motifs is 1. The monoisotopic (exact) mass is 527 g/mol. The summed E-state index contributed by atoms with van der Waals surface area (Å²) in [7, 11) is -2.30. The normalized spacial score (nSPS) is 17.8. The number of piperazine rings is 1. The third-order valence-electron chi connectivity index (χ3n) is 6.44. The summed E-state index contributed by atoms with van der Waals surface area (Å²) >= 11 is 5.95. The number of carbonyl (C=O) groups excluding carboxylic acids is 1. The van der Waals surface area contributed by atoms with E-state index in [0.29, 0.717) is 42.6 Å². The number of halogens is 1. The zero-order valence-electron chi connectivity index (χ0n) is 19.7. The van der Waals surface area contributed by atoms with Crippen LogP contribution in [0.25, 0.3) is 0 Å². The number of sulfonamides is 1. The molecule has 36 heavy (non-hydrogen) atoms. The van der Waals surface area contributed by atoms with Crippen LogP contribution >= 0.6 is 11.6 Å². The van der Waals surface area contributed by atoms with Crippen LogP contribution in [0.3, 0.4) is 0 Å². The van der Waals surface area contributed by atoms with Gasteiger partial charge in [0.1, 0.15) is 11.5 Å². The van der Waals surface area contributed by atoms with Gasteiger partial charge in [-0.25, -0.2) is 8.42 Å². The van der Waals surface area contributed by atoms with E-state index in [-0.39, 0.29) is 17.3 Å². The predicted molar refractivity (Wildman–Crippen MR) is 139 cm³/mol. The Morgan fingerprint density at radius 1 is 0.944 bits per heavy atom. The summed E-state index contributed by atoms with van der Waals surface area (Å²) in [6.07, 6.45) is -0.950.